The molecule has 2 atom stereocenters. The van der Waals surface area contributed by atoms with E-state index in [0.29, 0.717) is 0 Å². The first kappa shape index (κ1) is 10.6. The largest absolute Gasteiger partial charge is 0.279 e. The van der Waals surface area contributed by atoms with E-state index in [-0.39, 0.29) is 0 Å². The fraction of sp³-hybridized carbons (Fsp3) is 1.00. The molecule has 0 rings (SSSR count). The highest BCUT2D eigenvalue weighted by Gasteiger charge is 2.31. The Balaban J connectivity index is 3.81. The van der Waals surface area contributed by atoms with E-state index < -0.39 is 25.6 Å². The molecule has 0 saturated carbocycles. The molecule has 10 heavy (non-hydrogen) atoms. The van der Waals surface area contributed by atoms with Crippen LogP contribution in [0.25, 0.3) is 0 Å². The van der Waals surface area contributed by atoms with Crippen molar-refractivity contribution in [3.63, 3.8) is 0 Å². The number of hydrogen-bond donors (Lipinski definition) is 0. The van der Waals surface area contributed by atoms with Crippen molar-refractivity contribution in [2.24, 2.45) is 0 Å². The fourth-order valence-corrected chi connectivity index (χ4v) is 1.45. The number of alkyl halides is 3. The molecule has 0 aliphatic carbocycles. The highest BCUT2D eigenvalue weighted by Crippen LogP contribution is 2.26. The summed E-state index contributed by atoms with van der Waals surface area (Å²) in [4.78, 5) is 0. The smallest absolute Gasteiger partial charge is 0.241 e. The molecular weight excluding hydrogens is 204 g/mol. The minimum atomic E-state index is -2.98. The van der Waals surface area contributed by atoms with Crippen LogP contribution in [-0.2, 0) is 0 Å². The highest BCUT2D eigenvalue weighted by atomic mass is 35.7. The Kier molecular flexibility index (Phi) is 4.72. The molecule has 0 aliphatic heterocycles. The van der Waals surface area contributed by atoms with Gasteiger partial charge in [-0.1, -0.05) is 6.92 Å². The van der Waals surface area contributed by atoms with Crippen molar-refractivity contribution in [2.75, 3.05) is 0 Å². The van der Waals surface area contributed by atoms with Gasteiger partial charge >= 0.3 is 0 Å². The fourth-order valence-electron chi connectivity index (χ4n) is 0.339. The van der Waals surface area contributed by atoms with Crippen LogP contribution < -0.4 is 0 Å². The predicted molar refractivity (Wildman–Crippen MR) is 37.8 cm³/mol. The van der Waals surface area contributed by atoms with E-state index in [9.17, 15) is 13.2 Å². The Labute approximate surface area is 68.3 Å². The Hall–Kier alpha value is 0.587. The molecule has 0 N–H and O–H groups in total. The zero-order valence-corrected chi connectivity index (χ0v) is 7.63. The minimum Gasteiger partial charge on any atom is -0.241 e. The summed E-state index contributed by atoms with van der Waals surface area (Å²) in [6.07, 6.45) is -5.17. The zero-order valence-electron chi connectivity index (χ0n) is 5.12. The normalized spacial score (nSPS) is 18.0. The molecule has 0 fully saturated rings. The van der Waals surface area contributed by atoms with Gasteiger partial charge in [-0.05, 0) is 0 Å². The maximum absolute atomic E-state index is 12.3. The first-order valence-electron chi connectivity index (χ1n) is 2.57. The highest BCUT2D eigenvalue weighted by molar-refractivity contribution is 7.34. The van der Waals surface area contributed by atoms with Gasteiger partial charge in [0.1, 0.15) is 0 Å². The Morgan fingerprint density at radius 3 is 1.70 bits per heavy atom. The van der Waals surface area contributed by atoms with Gasteiger partial charge in [-0.3, -0.25) is 0 Å². The van der Waals surface area contributed by atoms with E-state index in [4.69, 9.17) is 22.2 Å². The summed E-state index contributed by atoms with van der Waals surface area (Å²) >= 11 is 10.5. The van der Waals surface area contributed by atoms with Crippen molar-refractivity contribution in [1.29, 1.82) is 0 Å². The van der Waals surface area contributed by atoms with Gasteiger partial charge in [0, 0.05) is 5.54 Å². The average Bonchev–Trinajstić information content (AvgIpc) is 1.84. The summed E-state index contributed by atoms with van der Waals surface area (Å²) in [5, 5.41) is 0. The van der Waals surface area contributed by atoms with E-state index in [2.05, 4.69) is 0 Å². The molecule has 0 amide bonds. The summed E-state index contributed by atoms with van der Waals surface area (Å²) < 4.78 is 35.4. The zero-order chi connectivity index (χ0) is 8.31. The summed E-state index contributed by atoms with van der Waals surface area (Å²) in [6, 6.07) is 0. The van der Waals surface area contributed by atoms with E-state index in [1.165, 1.54) is 6.92 Å². The van der Waals surface area contributed by atoms with E-state index in [0.717, 1.165) is 0 Å². The molecule has 2 unspecified atom stereocenters. The molecular formula is C4H6Cl2F3Si. The van der Waals surface area contributed by atoms with Crippen LogP contribution in [0.4, 0.5) is 13.2 Å². The lowest BCUT2D eigenvalue weighted by molar-refractivity contribution is 0.0483. The standard InChI is InChI=1S/C4H6Cl2F3Si/c1-2(10(5)6)3(7)4(8)9/h2-4H,1H3. The Morgan fingerprint density at radius 1 is 1.20 bits per heavy atom. The van der Waals surface area contributed by atoms with Crippen LogP contribution in [0.5, 0.6) is 0 Å². The monoisotopic (exact) mass is 209 g/mol. The van der Waals surface area contributed by atoms with E-state index in [1.54, 1.807) is 0 Å². The molecule has 1 radical (unpaired) electrons. The van der Waals surface area contributed by atoms with Crippen LogP contribution in [0.15, 0.2) is 0 Å². The lowest BCUT2D eigenvalue weighted by Gasteiger charge is -2.14. The second-order valence-electron chi connectivity index (χ2n) is 1.86. The minimum absolute atomic E-state index is 0.923. The van der Waals surface area contributed by atoms with Gasteiger partial charge in [0.2, 0.25) is 0 Å². The van der Waals surface area contributed by atoms with Crippen molar-refractivity contribution in [2.45, 2.75) is 25.1 Å². The summed E-state index contributed by atoms with van der Waals surface area (Å²) in [5.41, 5.74) is -0.923. The molecule has 0 aromatic heterocycles. The molecule has 61 valence electrons. The SMILES string of the molecule is CC(C(F)C(F)F)[Si](Cl)Cl. The van der Waals surface area contributed by atoms with Crippen molar-refractivity contribution >= 4 is 29.6 Å². The molecule has 0 saturated heterocycles. The number of hydrogen-bond acceptors (Lipinski definition) is 0. The van der Waals surface area contributed by atoms with Gasteiger partial charge in [0.05, 0.1) is 0 Å². The predicted octanol–water partition coefficient (Wildman–Crippen LogP) is 2.95. The van der Waals surface area contributed by atoms with Gasteiger partial charge in [-0.15, -0.1) is 22.2 Å². The topological polar surface area (TPSA) is 0 Å². The van der Waals surface area contributed by atoms with Crippen molar-refractivity contribution < 1.29 is 13.2 Å². The summed E-state index contributed by atoms with van der Waals surface area (Å²) in [7, 11) is -1.97. The van der Waals surface area contributed by atoms with Crippen LogP contribution in [-0.4, -0.2) is 20.0 Å². The van der Waals surface area contributed by atoms with Crippen LogP contribution in [0, 0.1) is 0 Å². The molecule has 0 bridgehead atoms. The van der Waals surface area contributed by atoms with Crippen LogP contribution in [0.2, 0.25) is 5.54 Å². The third-order valence-electron chi connectivity index (χ3n) is 1.06. The van der Waals surface area contributed by atoms with E-state index in [1.807, 2.05) is 0 Å². The first-order chi connectivity index (χ1) is 4.46. The molecule has 0 aromatic carbocycles. The van der Waals surface area contributed by atoms with Crippen LogP contribution in [0.1, 0.15) is 6.92 Å². The first-order valence-corrected chi connectivity index (χ1v) is 6.17. The van der Waals surface area contributed by atoms with Crippen LogP contribution >= 0.6 is 22.2 Å². The summed E-state index contributed by atoms with van der Waals surface area (Å²) in [6.45, 7) is 1.28. The third-order valence-corrected chi connectivity index (χ3v) is 4.13. The van der Waals surface area contributed by atoms with Gasteiger partial charge in [0.25, 0.3) is 13.8 Å². The lowest BCUT2D eigenvalue weighted by Crippen LogP contribution is -2.23. The van der Waals surface area contributed by atoms with Crippen molar-refractivity contribution in [1.82, 2.24) is 0 Å². The molecule has 0 aromatic rings. The molecule has 0 nitrogen and oxygen atoms in total. The molecule has 6 heteroatoms. The molecule has 0 spiro atoms. The van der Waals surface area contributed by atoms with Crippen molar-refractivity contribution in [3.8, 4) is 0 Å². The second kappa shape index (κ2) is 4.46. The number of halogens is 5. The van der Waals surface area contributed by atoms with Gasteiger partial charge < -0.3 is 0 Å². The van der Waals surface area contributed by atoms with Crippen LogP contribution in [0.3, 0.4) is 0 Å². The lowest BCUT2D eigenvalue weighted by atomic mass is 10.3. The molecule has 0 aliphatic rings. The third kappa shape index (κ3) is 3.12. The average molecular weight is 210 g/mol. The maximum Gasteiger partial charge on any atom is 0.279 e. The number of rotatable bonds is 3. The van der Waals surface area contributed by atoms with Gasteiger partial charge in [-0.2, -0.15) is 0 Å². The van der Waals surface area contributed by atoms with Crippen molar-refractivity contribution in [3.05, 3.63) is 0 Å². The summed E-state index contributed by atoms with van der Waals surface area (Å²) in [5.74, 6) is 0. The maximum atomic E-state index is 12.3. The van der Waals surface area contributed by atoms with Gasteiger partial charge in [0.15, 0.2) is 6.17 Å². The second-order valence-corrected chi connectivity index (χ2v) is 6.37. The van der Waals surface area contributed by atoms with E-state index >= 15 is 0 Å². The van der Waals surface area contributed by atoms with Gasteiger partial charge in [-0.25, -0.2) is 13.2 Å². The quantitative estimate of drug-likeness (QED) is 0.496. The Morgan fingerprint density at radius 2 is 1.60 bits per heavy atom. The molecule has 0 heterocycles. The Bertz CT molecular complexity index is 88.5.